The van der Waals surface area contributed by atoms with Gasteiger partial charge in [0.15, 0.2) is 5.17 Å². The van der Waals surface area contributed by atoms with Crippen molar-refractivity contribution in [1.29, 1.82) is 0 Å². The maximum absolute atomic E-state index is 14.1. The summed E-state index contributed by atoms with van der Waals surface area (Å²) >= 11 is 0.938. The van der Waals surface area contributed by atoms with Crippen LogP contribution in [0.2, 0.25) is 0 Å². The molecule has 1 fully saturated rings. The van der Waals surface area contributed by atoms with Crippen LogP contribution in [-0.4, -0.2) is 45.2 Å². The largest absolute Gasteiger partial charge is 0.481 e. The van der Waals surface area contributed by atoms with Crippen molar-refractivity contribution in [3.05, 3.63) is 35.1 Å². The summed E-state index contributed by atoms with van der Waals surface area (Å²) in [4.78, 5) is 34.2. The van der Waals surface area contributed by atoms with E-state index in [2.05, 4.69) is 15.5 Å². The molecule has 10 heteroatoms. The van der Waals surface area contributed by atoms with Crippen LogP contribution in [0.3, 0.4) is 0 Å². The molecule has 0 saturated carbocycles. The van der Waals surface area contributed by atoms with Crippen molar-refractivity contribution in [1.82, 2.24) is 5.32 Å². The first kappa shape index (κ1) is 20.6. The highest BCUT2D eigenvalue weighted by Gasteiger charge is 2.32. The number of carbonyl (C=O) groups excluding carboxylic acids is 2. The van der Waals surface area contributed by atoms with Gasteiger partial charge in [0, 0.05) is 5.56 Å². The minimum absolute atomic E-state index is 0.0704. The molecule has 27 heavy (non-hydrogen) atoms. The molecule has 1 saturated heterocycles. The number of aliphatic carboxylic acids is 1. The van der Waals surface area contributed by atoms with Crippen molar-refractivity contribution in [2.75, 3.05) is 0 Å². The second kappa shape index (κ2) is 8.30. The maximum Gasteiger partial charge on any atom is 0.338 e. The number of hydrogen-bond donors (Lipinski definition) is 2. The van der Waals surface area contributed by atoms with Crippen LogP contribution in [0.15, 0.2) is 28.4 Å². The first-order valence-corrected chi connectivity index (χ1v) is 8.76. The number of rotatable bonds is 5. The van der Waals surface area contributed by atoms with Gasteiger partial charge in [-0.3, -0.25) is 9.59 Å². The zero-order chi connectivity index (χ0) is 20.2. The molecule has 1 unspecified atom stereocenters. The minimum Gasteiger partial charge on any atom is -0.481 e. The van der Waals surface area contributed by atoms with Gasteiger partial charge in [0.25, 0.3) is 0 Å². The Morgan fingerprint density at radius 3 is 2.70 bits per heavy atom. The summed E-state index contributed by atoms with van der Waals surface area (Å²) in [7, 11) is 0. The van der Waals surface area contributed by atoms with Gasteiger partial charge in [-0.1, -0.05) is 11.8 Å². The number of carboxylic acid groups (broad SMARTS) is 1. The monoisotopic (exact) mass is 395 g/mol. The van der Waals surface area contributed by atoms with Crippen LogP contribution >= 0.6 is 11.8 Å². The highest BCUT2D eigenvalue weighted by atomic mass is 32.2. The number of carbonyl (C=O) groups is 3. The number of amidine groups is 1. The molecule has 0 aromatic heterocycles. The van der Waals surface area contributed by atoms with E-state index in [0.29, 0.717) is 0 Å². The minimum atomic E-state index is -1.10. The van der Waals surface area contributed by atoms with Gasteiger partial charge >= 0.3 is 11.9 Å². The number of nitrogens with zero attached hydrogens (tertiary/aromatic N) is 2. The van der Waals surface area contributed by atoms with E-state index in [1.165, 1.54) is 12.1 Å². The van der Waals surface area contributed by atoms with Crippen molar-refractivity contribution in [3.63, 3.8) is 0 Å². The predicted octanol–water partition coefficient (Wildman–Crippen LogP) is 2.18. The first-order chi connectivity index (χ1) is 12.5. The molecule has 1 heterocycles. The van der Waals surface area contributed by atoms with E-state index >= 15 is 0 Å². The van der Waals surface area contributed by atoms with Crippen LogP contribution < -0.4 is 5.32 Å². The Kier molecular flexibility index (Phi) is 6.32. The normalized spacial score (nSPS) is 18.7. The Morgan fingerprint density at radius 1 is 1.41 bits per heavy atom. The lowest BCUT2D eigenvalue weighted by molar-refractivity contribution is -0.138. The van der Waals surface area contributed by atoms with Gasteiger partial charge in [0.05, 0.1) is 18.2 Å². The number of carboxylic acids is 1. The molecule has 1 aliphatic heterocycles. The number of nitrogens with one attached hydrogen (secondary N) is 1. The van der Waals surface area contributed by atoms with Crippen molar-refractivity contribution in [2.24, 2.45) is 10.2 Å². The van der Waals surface area contributed by atoms with Crippen LogP contribution in [0.25, 0.3) is 0 Å². The van der Waals surface area contributed by atoms with E-state index in [1.807, 2.05) is 0 Å². The summed E-state index contributed by atoms with van der Waals surface area (Å²) < 4.78 is 19.3. The Labute approximate surface area is 158 Å². The summed E-state index contributed by atoms with van der Waals surface area (Å²) in [6.45, 7) is 5.13. The van der Waals surface area contributed by atoms with Crippen molar-refractivity contribution in [2.45, 2.75) is 38.0 Å². The third kappa shape index (κ3) is 6.17. The van der Waals surface area contributed by atoms with E-state index in [-0.39, 0.29) is 22.7 Å². The Morgan fingerprint density at radius 2 is 2.11 bits per heavy atom. The topological polar surface area (TPSA) is 117 Å². The number of thioether (sulfide) groups is 1. The first-order valence-electron chi connectivity index (χ1n) is 7.88. The Bertz CT molecular complexity index is 832. The zero-order valence-electron chi connectivity index (χ0n) is 14.9. The lowest BCUT2D eigenvalue weighted by atomic mass is 10.1. The van der Waals surface area contributed by atoms with Crippen molar-refractivity contribution < 1.29 is 28.6 Å². The number of amides is 1. The molecule has 1 aliphatic rings. The van der Waals surface area contributed by atoms with Gasteiger partial charge in [-0.05, 0) is 39.0 Å². The molecule has 1 amide bonds. The fraction of sp³-hybridized carbons (Fsp3) is 0.353. The lowest BCUT2D eigenvalue weighted by Gasteiger charge is -2.19. The number of benzene rings is 1. The quantitative estimate of drug-likeness (QED) is 0.448. The highest BCUT2D eigenvalue weighted by Crippen LogP contribution is 2.22. The van der Waals surface area contributed by atoms with Gasteiger partial charge in [-0.25, -0.2) is 9.18 Å². The van der Waals surface area contributed by atoms with E-state index < -0.39 is 34.5 Å². The molecule has 2 rings (SSSR count). The van der Waals surface area contributed by atoms with E-state index in [1.54, 1.807) is 20.8 Å². The maximum atomic E-state index is 14.1. The molecule has 8 nitrogen and oxygen atoms in total. The fourth-order valence-electron chi connectivity index (χ4n) is 1.98. The predicted molar refractivity (Wildman–Crippen MR) is 98.4 cm³/mol. The van der Waals surface area contributed by atoms with Gasteiger partial charge in [0.2, 0.25) is 5.91 Å². The molecule has 2 N–H and O–H groups in total. The van der Waals surface area contributed by atoms with Crippen LogP contribution in [0.5, 0.6) is 0 Å². The smallest absolute Gasteiger partial charge is 0.338 e. The number of esters is 1. The van der Waals surface area contributed by atoms with Gasteiger partial charge in [0.1, 0.15) is 16.7 Å². The Hall–Kier alpha value is -2.75. The van der Waals surface area contributed by atoms with Crippen molar-refractivity contribution in [3.8, 4) is 0 Å². The summed E-state index contributed by atoms with van der Waals surface area (Å²) in [5.74, 6) is -2.89. The zero-order valence-corrected chi connectivity index (χ0v) is 15.7. The summed E-state index contributed by atoms with van der Waals surface area (Å²) in [5.41, 5.74) is -0.532. The Balaban J connectivity index is 2.04. The molecule has 1 aromatic rings. The molecule has 1 aromatic carbocycles. The molecule has 1 atom stereocenters. The molecular formula is C17H18FN3O5S. The average Bonchev–Trinajstić information content (AvgIpc) is 2.86. The second-order valence-corrected chi connectivity index (χ2v) is 7.77. The molecular weight excluding hydrogens is 377 g/mol. The number of hydrogen-bond acceptors (Lipinski definition) is 7. The van der Waals surface area contributed by atoms with Gasteiger partial charge in [-0.15, -0.1) is 5.10 Å². The van der Waals surface area contributed by atoms with E-state index in [4.69, 9.17) is 9.84 Å². The lowest BCUT2D eigenvalue weighted by Crippen LogP contribution is -2.26. The SMILES string of the molecule is CC(C)(C)OC(=O)c1ccc(C=NN=C2NC(=O)C(CC(=O)O)S2)c(F)c1. The van der Waals surface area contributed by atoms with Crippen molar-refractivity contribution >= 4 is 41.0 Å². The average molecular weight is 395 g/mol. The molecule has 0 radical (unpaired) electrons. The molecule has 0 spiro atoms. The van der Waals surface area contributed by atoms with Crippen LogP contribution in [0.1, 0.15) is 43.1 Å². The van der Waals surface area contributed by atoms with Crippen LogP contribution in [0.4, 0.5) is 4.39 Å². The third-order valence-electron chi connectivity index (χ3n) is 3.12. The van der Waals surface area contributed by atoms with E-state index in [9.17, 15) is 18.8 Å². The van der Waals surface area contributed by atoms with Gasteiger partial charge in [-0.2, -0.15) is 5.10 Å². The van der Waals surface area contributed by atoms with Crippen LogP contribution in [-0.2, 0) is 14.3 Å². The van der Waals surface area contributed by atoms with E-state index in [0.717, 1.165) is 24.0 Å². The van der Waals surface area contributed by atoms with Crippen LogP contribution in [0, 0.1) is 5.82 Å². The molecule has 0 bridgehead atoms. The van der Waals surface area contributed by atoms with Gasteiger partial charge < -0.3 is 15.2 Å². The number of halogens is 1. The molecule has 0 aliphatic carbocycles. The second-order valence-electron chi connectivity index (χ2n) is 6.58. The summed E-state index contributed by atoms with van der Waals surface area (Å²) in [5, 5.41) is 17.9. The molecule has 144 valence electrons. The highest BCUT2D eigenvalue weighted by molar-refractivity contribution is 8.15. The fourth-order valence-corrected chi connectivity index (χ4v) is 2.90. The standard InChI is InChI=1S/C17H18FN3O5S/c1-17(2,3)26-15(25)9-4-5-10(11(18)6-9)8-19-21-16-20-14(24)12(27-16)7-13(22)23/h4-6,8,12H,7H2,1-3H3,(H,22,23)(H,20,21,24). The number of ether oxygens (including phenoxy) is 1. The summed E-state index contributed by atoms with van der Waals surface area (Å²) in [6.07, 6.45) is 0.790. The summed E-state index contributed by atoms with van der Waals surface area (Å²) in [6, 6.07) is 3.80. The third-order valence-corrected chi connectivity index (χ3v) is 4.19.